The zero-order chi connectivity index (χ0) is 13.4. The van der Waals surface area contributed by atoms with Crippen molar-refractivity contribution in [3.8, 4) is 0 Å². The van der Waals surface area contributed by atoms with Gasteiger partial charge in [-0.15, -0.1) is 0 Å². The van der Waals surface area contributed by atoms with Crippen molar-refractivity contribution in [2.75, 3.05) is 6.61 Å². The SMILES string of the molecule is c1ccc2cc3c([C]4CCCOO4)cccc3cc2c1. The van der Waals surface area contributed by atoms with E-state index in [-0.39, 0.29) is 0 Å². The average molecular weight is 263 g/mol. The Hall–Kier alpha value is -1.90. The molecule has 1 heterocycles. The first kappa shape index (κ1) is 11.9. The lowest BCUT2D eigenvalue weighted by Crippen LogP contribution is -2.14. The van der Waals surface area contributed by atoms with Crippen LogP contribution >= 0.6 is 0 Å². The first-order valence-electron chi connectivity index (χ1n) is 6.99. The van der Waals surface area contributed by atoms with Gasteiger partial charge in [-0.3, -0.25) is 0 Å². The van der Waals surface area contributed by atoms with Crippen LogP contribution in [-0.4, -0.2) is 6.61 Å². The van der Waals surface area contributed by atoms with Crippen molar-refractivity contribution in [3.05, 3.63) is 66.3 Å². The summed E-state index contributed by atoms with van der Waals surface area (Å²) in [6.07, 6.45) is 2.89. The summed E-state index contributed by atoms with van der Waals surface area (Å²) in [5.74, 6) is 0. The highest BCUT2D eigenvalue weighted by Crippen LogP contribution is 2.33. The van der Waals surface area contributed by atoms with E-state index in [1.165, 1.54) is 21.5 Å². The summed E-state index contributed by atoms with van der Waals surface area (Å²) in [5, 5.41) is 4.99. The Morgan fingerprint density at radius 3 is 2.40 bits per heavy atom. The molecule has 3 aromatic carbocycles. The third-order valence-corrected chi connectivity index (χ3v) is 3.84. The van der Waals surface area contributed by atoms with E-state index in [0.29, 0.717) is 6.61 Å². The molecular weight excluding hydrogens is 248 g/mol. The fourth-order valence-electron chi connectivity index (χ4n) is 2.84. The van der Waals surface area contributed by atoms with Crippen molar-refractivity contribution in [2.45, 2.75) is 12.8 Å². The van der Waals surface area contributed by atoms with E-state index in [1.54, 1.807) is 0 Å². The molecule has 0 amide bonds. The third-order valence-electron chi connectivity index (χ3n) is 3.84. The Morgan fingerprint density at radius 1 is 0.800 bits per heavy atom. The molecule has 0 N–H and O–H groups in total. The molecule has 1 fully saturated rings. The Kier molecular flexibility index (Phi) is 2.91. The van der Waals surface area contributed by atoms with Crippen LogP contribution < -0.4 is 0 Å². The summed E-state index contributed by atoms with van der Waals surface area (Å²) in [7, 11) is 0. The number of fused-ring (bicyclic) bond motifs is 2. The first-order chi connectivity index (χ1) is 9.92. The van der Waals surface area contributed by atoms with Gasteiger partial charge < -0.3 is 0 Å². The van der Waals surface area contributed by atoms with Crippen molar-refractivity contribution in [2.24, 2.45) is 0 Å². The van der Waals surface area contributed by atoms with Crippen molar-refractivity contribution in [1.29, 1.82) is 0 Å². The van der Waals surface area contributed by atoms with Gasteiger partial charge in [0, 0.05) is 0 Å². The van der Waals surface area contributed by atoms with Gasteiger partial charge >= 0.3 is 0 Å². The smallest absolute Gasteiger partial charge is 0.165 e. The number of rotatable bonds is 1. The van der Waals surface area contributed by atoms with Crippen LogP contribution in [0, 0.1) is 6.10 Å². The summed E-state index contributed by atoms with van der Waals surface area (Å²) >= 11 is 0. The zero-order valence-corrected chi connectivity index (χ0v) is 11.1. The van der Waals surface area contributed by atoms with Gasteiger partial charge in [0.05, 0.1) is 6.61 Å². The van der Waals surface area contributed by atoms with Crippen LogP contribution in [0.15, 0.2) is 54.6 Å². The molecule has 0 aliphatic carbocycles. The molecule has 0 bridgehead atoms. The standard InChI is InChI=1S/C18H15O2/c1-2-6-14-12-17-15(11-13(14)5-1)7-3-8-16(17)18-9-4-10-19-20-18/h1-3,5-8,11-12H,4,9-10H2. The highest BCUT2D eigenvalue weighted by molar-refractivity contribution is 6.00. The number of benzene rings is 3. The fraction of sp³-hybridized carbons (Fsp3) is 0.167. The lowest BCUT2D eigenvalue weighted by Gasteiger charge is -2.21. The molecule has 1 saturated heterocycles. The van der Waals surface area contributed by atoms with Crippen LogP contribution in [0.4, 0.5) is 0 Å². The minimum Gasteiger partial charge on any atom is -0.236 e. The zero-order valence-electron chi connectivity index (χ0n) is 11.1. The molecule has 0 spiro atoms. The van der Waals surface area contributed by atoms with Gasteiger partial charge in [0.15, 0.2) is 6.10 Å². The normalized spacial score (nSPS) is 16.8. The van der Waals surface area contributed by atoms with Gasteiger partial charge in [-0.1, -0.05) is 42.5 Å². The predicted octanol–water partition coefficient (Wildman–Crippen LogP) is 4.62. The van der Waals surface area contributed by atoms with E-state index < -0.39 is 0 Å². The molecule has 0 aromatic heterocycles. The molecule has 1 aliphatic rings. The van der Waals surface area contributed by atoms with E-state index in [1.807, 2.05) is 0 Å². The number of hydrogen-bond donors (Lipinski definition) is 0. The molecule has 2 nitrogen and oxygen atoms in total. The van der Waals surface area contributed by atoms with E-state index >= 15 is 0 Å². The maximum absolute atomic E-state index is 5.40. The molecule has 3 aromatic rings. The quantitative estimate of drug-likeness (QED) is 0.471. The van der Waals surface area contributed by atoms with Gasteiger partial charge in [0.25, 0.3) is 0 Å². The highest BCUT2D eigenvalue weighted by Gasteiger charge is 2.21. The molecule has 1 aliphatic heterocycles. The summed E-state index contributed by atoms with van der Waals surface area (Å²) < 4.78 is 0. The summed E-state index contributed by atoms with van der Waals surface area (Å²) in [5.41, 5.74) is 1.15. The second-order valence-electron chi connectivity index (χ2n) is 5.16. The van der Waals surface area contributed by atoms with Gasteiger partial charge in [-0.2, -0.15) is 0 Å². The topological polar surface area (TPSA) is 18.5 Å². The van der Waals surface area contributed by atoms with Crippen molar-refractivity contribution in [3.63, 3.8) is 0 Å². The predicted molar refractivity (Wildman–Crippen MR) is 80.1 cm³/mol. The van der Waals surface area contributed by atoms with Gasteiger partial charge in [0.1, 0.15) is 0 Å². The maximum Gasteiger partial charge on any atom is 0.165 e. The molecule has 0 saturated carbocycles. The molecule has 4 rings (SSSR count). The Balaban J connectivity index is 1.94. The largest absolute Gasteiger partial charge is 0.236 e. The Labute approximate surface area is 117 Å². The van der Waals surface area contributed by atoms with Gasteiger partial charge in [-0.25, -0.2) is 9.78 Å². The van der Waals surface area contributed by atoms with E-state index in [0.717, 1.165) is 24.5 Å². The molecular formula is C18H15O2. The van der Waals surface area contributed by atoms with Gasteiger partial charge in [-0.05, 0) is 52.1 Å². The van der Waals surface area contributed by atoms with Crippen LogP contribution in [0.2, 0.25) is 0 Å². The van der Waals surface area contributed by atoms with Crippen molar-refractivity contribution >= 4 is 21.5 Å². The Morgan fingerprint density at radius 2 is 1.60 bits per heavy atom. The second kappa shape index (κ2) is 4.89. The third kappa shape index (κ3) is 1.98. The molecule has 0 atom stereocenters. The number of hydrogen-bond acceptors (Lipinski definition) is 2. The van der Waals surface area contributed by atoms with Gasteiger partial charge in [0.2, 0.25) is 0 Å². The first-order valence-corrected chi connectivity index (χ1v) is 6.99. The monoisotopic (exact) mass is 263 g/mol. The highest BCUT2D eigenvalue weighted by atomic mass is 17.2. The van der Waals surface area contributed by atoms with Crippen LogP contribution in [-0.2, 0) is 9.78 Å². The van der Waals surface area contributed by atoms with E-state index in [2.05, 4.69) is 54.6 Å². The lowest BCUT2D eigenvalue weighted by molar-refractivity contribution is -0.300. The minimum atomic E-state index is 0.678. The van der Waals surface area contributed by atoms with E-state index in [4.69, 9.17) is 9.78 Å². The van der Waals surface area contributed by atoms with Crippen LogP contribution in [0.3, 0.4) is 0 Å². The maximum atomic E-state index is 5.40. The van der Waals surface area contributed by atoms with Crippen LogP contribution in [0.5, 0.6) is 0 Å². The molecule has 0 unspecified atom stereocenters. The molecule has 1 radical (unpaired) electrons. The lowest BCUT2D eigenvalue weighted by atomic mass is 9.95. The second-order valence-corrected chi connectivity index (χ2v) is 5.16. The summed E-state index contributed by atoms with van der Waals surface area (Å²) in [6.45, 7) is 0.678. The van der Waals surface area contributed by atoms with E-state index in [9.17, 15) is 0 Å². The minimum absolute atomic E-state index is 0.678. The van der Waals surface area contributed by atoms with Crippen LogP contribution in [0.25, 0.3) is 21.5 Å². The van der Waals surface area contributed by atoms with Crippen molar-refractivity contribution in [1.82, 2.24) is 0 Å². The molecule has 20 heavy (non-hydrogen) atoms. The Bertz CT molecular complexity index is 758. The van der Waals surface area contributed by atoms with Crippen molar-refractivity contribution < 1.29 is 9.78 Å². The summed E-state index contributed by atoms with van der Waals surface area (Å²) in [6, 6.07) is 19.3. The average Bonchev–Trinajstić information content (AvgIpc) is 2.53. The fourth-order valence-corrected chi connectivity index (χ4v) is 2.84. The molecule has 2 heteroatoms. The summed E-state index contributed by atoms with van der Waals surface area (Å²) in [4.78, 5) is 10.5. The van der Waals surface area contributed by atoms with Crippen LogP contribution in [0.1, 0.15) is 18.4 Å². The molecule has 99 valence electrons.